The summed E-state index contributed by atoms with van der Waals surface area (Å²) in [7, 11) is 1.24. The molecule has 0 atom stereocenters. The Balaban J connectivity index is 2.39. The molecule has 0 amide bonds. The summed E-state index contributed by atoms with van der Waals surface area (Å²) in [5, 5.41) is 8.95. The van der Waals surface area contributed by atoms with Crippen molar-refractivity contribution in [3.63, 3.8) is 0 Å². The minimum Gasteiger partial charge on any atom is -0.465 e. The molecular formula is C12H10FNO2. The lowest BCUT2D eigenvalue weighted by atomic mass is 9.96. The molecule has 3 nitrogen and oxygen atoms in total. The normalized spacial score (nSPS) is 16.3. The lowest BCUT2D eigenvalue weighted by Crippen LogP contribution is -2.08. The third kappa shape index (κ3) is 1.54. The number of nitrogens with zero attached hydrogens (tertiary/aromatic N) is 1. The summed E-state index contributed by atoms with van der Waals surface area (Å²) in [5.74, 6) is -1.09. The van der Waals surface area contributed by atoms with Crippen LogP contribution in [0.3, 0.4) is 0 Å². The van der Waals surface area contributed by atoms with Crippen LogP contribution >= 0.6 is 0 Å². The predicted octanol–water partition coefficient (Wildman–Crippen LogP) is 2.17. The minimum absolute atomic E-state index is 0.164. The minimum atomic E-state index is -0.668. The smallest absolute Gasteiger partial charge is 0.337 e. The zero-order chi connectivity index (χ0) is 11.8. The third-order valence-electron chi connectivity index (χ3n) is 2.87. The van der Waals surface area contributed by atoms with Gasteiger partial charge in [0, 0.05) is 5.56 Å². The van der Waals surface area contributed by atoms with E-state index >= 15 is 0 Å². The molecule has 1 aromatic rings. The fourth-order valence-corrected chi connectivity index (χ4v) is 1.71. The molecule has 1 aliphatic carbocycles. The Morgan fingerprint density at radius 1 is 1.56 bits per heavy atom. The summed E-state index contributed by atoms with van der Waals surface area (Å²) in [6.45, 7) is 0. The largest absolute Gasteiger partial charge is 0.465 e. The van der Waals surface area contributed by atoms with Gasteiger partial charge in [0.2, 0.25) is 0 Å². The van der Waals surface area contributed by atoms with Crippen molar-refractivity contribution >= 4 is 5.97 Å². The maximum absolute atomic E-state index is 13.7. The summed E-state index contributed by atoms with van der Waals surface area (Å²) in [4.78, 5) is 11.2. The van der Waals surface area contributed by atoms with Gasteiger partial charge in [0.1, 0.15) is 5.82 Å². The van der Waals surface area contributed by atoms with Crippen molar-refractivity contribution in [2.45, 2.75) is 18.3 Å². The summed E-state index contributed by atoms with van der Waals surface area (Å²) >= 11 is 0. The number of esters is 1. The van der Waals surface area contributed by atoms with Crippen molar-refractivity contribution in [1.82, 2.24) is 0 Å². The molecule has 16 heavy (non-hydrogen) atoms. The van der Waals surface area contributed by atoms with Crippen LogP contribution in [0.1, 0.15) is 28.8 Å². The van der Waals surface area contributed by atoms with Crippen molar-refractivity contribution in [2.24, 2.45) is 0 Å². The molecule has 4 heteroatoms. The van der Waals surface area contributed by atoms with Gasteiger partial charge in [0.25, 0.3) is 0 Å². The monoisotopic (exact) mass is 219 g/mol. The zero-order valence-electron chi connectivity index (χ0n) is 8.79. The highest BCUT2D eigenvalue weighted by atomic mass is 19.1. The van der Waals surface area contributed by atoms with Crippen LogP contribution in [0, 0.1) is 17.1 Å². The lowest BCUT2D eigenvalue weighted by molar-refractivity contribution is 0.0600. The Bertz CT molecular complexity index is 486. The summed E-state index contributed by atoms with van der Waals surface area (Å²) in [6.07, 6.45) is 1.36. The number of halogens is 1. The van der Waals surface area contributed by atoms with E-state index in [9.17, 15) is 9.18 Å². The van der Waals surface area contributed by atoms with E-state index in [4.69, 9.17) is 5.26 Å². The molecule has 1 fully saturated rings. The average molecular weight is 219 g/mol. The molecule has 0 aromatic heterocycles. The number of nitriles is 1. The van der Waals surface area contributed by atoms with Gasteiger partial charge >= 0.3 is 5.97 Å². The zero-order valence-corrected chi connectivity index (χ0v) is 8.79. The van der Waals surface area contributed by atoms with Crippen LogP contribution in [-0.2, 0) is 10.2 Å². The average Bonchev–Trinajstić information content (AvgIpc) is 3.08. The Kier molecular flexibility index (Phi) is 2.39. The van der Waals surface area contributed by atoms with E-state index in [1.807, 2.05) is 0 Å². The van der Waals surface area contributed by atoms with E-state index in [1.165, 1.54) is 19.2 Å². The van der Waals surface area contributed by atoms with Gasteiger partial charge in [-0.3, -0.25) is 0 Å². The van der Waals surface area contributed by atoms with E-state index in [2.05, 4.69) is 10.8 Å². The van der Waals surface area contributed by atoms with Gasteiger partial charge in [-0.1, -0.05) is 6.07 Å². The molecule has 0 N–H and O–H groups in total. The first-order valence-corrected chi connectivity index (χ1v) is 4.92. The van der Waals surface area contributed by atoms with Crippen LogP contribution in [0.15, 0.2) is 18.2 Å². The number of carbonyl (C=O) groups excluding carboxylic acids is 1. The number of hydrogen-bond acceptors (Lipinski definition) is 3. The molecule has 0 heterocycles. The maximum Gasteiger partial charge on any atom is 0.337 e. The van der Waals surface area contributed by atoms with Gasteiger partial charge in [-0.05, 0) is 25.0 Å². The van der Waals surface area contributed by atoms with Crippen molar-refractivity contribution < 1.29 is 13.9 Å². The quantitative estimate of drug-likeness (QED) is 0.716. The molecule has 1 saturated carbocycles. The first kappa shape index (κ1) is 10.6. The third-order valence-corrected chi connectivity index (χ3v) is 2.87. The summed E-state index contributed by atoms with van der Waals surface area (Å²) in [6, 6.07) is 6.23. The van der Waals surface area contributed by atoms with Crippen LogP contribution in [0.5, 0.6) is 0 Å². The maximum atomic E-state index is 13.7. The molecule has 0 radical (unpaired) electrons. The second-order valence-electron chi connectivity index (χ2n) is 3.88. The van der Waals surface area contributed by atoms with Gasteiger partial charge in [0.15, 0.2) is 0 Å². The molecule has 0 bridgehead atoms. The van der Waals surface area contributed by atoms with Crippen LogP contribution in [0.25, 0.3) is 0 Å². The Morgan fingerprint density at radius 3 is 2.69 bits per heavy atom. The van der Waals surface area contributed by atoms with E-state index in [0.29, 0.717) is 18.4 Å². The molecule has 0 spiro atoms. The topological polar surface area (TPSA) is 50.1 Å². The SMILES string of the molecule is COC(=O)c1ccc(C2(C#N)CC2)c(F)c1. The predicted molar refractivity (Wildman–Crippen MR) is 54.3 cm³/mol. The fourth-order valence-electron chi connectivity index (χ4n) is 1.71. The van der Waals surface area contributed by atoms with Gasteiger partial charge in [0.05, 0.1) is 24.2 Å². The Morgan fingerprint density at radius 2 is 2.25 bits per heavy atom. The van der Waals surface area contributed by atoms with Crippen molar-refractivity contribution in [3.05, 3.63) is 35.1 Å². The van der Waals surface area contributed by atoms with Crippen LogP contribution in [0.4, 0.5) is 4.39 Å². The standard InChI is InChI=1S/C12H10FNO2/c1-16-11(15)8-2-3-9(10(13)6-8)12(7-14)4-5-12/h2-3,6H,4-5H2,1H3. The second-order valence-corrected chi connectivity index (χ2v) is 3.88. The van der Waals surface area contributed by atoms with Crippen molar-refractivity contribution in [3.8, 4) is 6.07 Å². The Labute approximate surface area is 92.4 Å². The van der Waals surface area contributed by atoms with E-state index in [1.54, 1.807) is 0 Å². The second kappa shape index (κ2) is 3.60. The molecule has 2 rings (SSSR count). The first-order chi connectivity index (χ1) is 7.63. The van der Waals surface area contributed by atoms with Crippen molar-refractivity contribution in [2.75, 3.05) is 7.11 Å². The van der Waals surface area contributed by atoms with Crippen LogP contribution in [0.2, 0.25) is 0 Å². The number of hydrogen-bond donors (Lipinski definition) is 0. The molecule has 0 aliphatic heterocycles. The number of rotatable bonds is 2. The molecule has 0 unspecified atom stereocenters. The van der Waals surface area contributed by atoms with Gasteiger partial charge in [-0.25, -0.2) is 9.18 Å². The van der Waals surface area contributed by atoms with Crippen LogP contribution < -0.4 is 0 Å². The lowest BCUT2D eigenvalue weighted by Gasteiger charge is -2.08. The van der Waals surface area contributed by atoms with E-state index in [-0.39, 0.29) is 5.56 Å². The number of carbonyl (C=O) groups is 1. The van der Waals surface area contributed by atoms with E-state index in [0.717, 1.165) is 6.07 Å². The fraction of sp³-hybridized carbons (Fsp3) is 0.333. The number of methoxy groups -OCH3 is 1. The van der Waals surface area contributed by atoms with Gasteiger partial charge < -0.3 is 4.74 Å². The van der Waals surface area contributed by atoms with Gasteiger partial charge in [-0.2, -0.15) is 5.26 Å². The number of ether oxygens (including phenoxy) is 1. The molecule has 1 aromatic carbocycles. The van der Waals surface area contributed by atoms with E-state index < -0.39 is 17.2 Å². The van der Waals surface area contributed by atoms with Crippen molar-refractivity contribution in [1.29, 1.82) is 5.26 Å². The van der Waals surface area contributed by atoms with Crippen LogP contribution in [-0.4, -0.2) is 13.1 Å². The summed E-state index contributed by atoms with van der Waals surface area (Å²) < 4.78 is 18.2. The molecule has 82 valence electrons. The first-order valence-electron chi connectivity index (χ1n) is 4.92. The van der Waals surface area contributed by atoms with Gasteiger partial charge in [-0.15, -0.1) is 0 Å². The summed E-state index contributed by atoms with van der Waals surface area (Å²) in [5.41, 5.74) is -0.126. The molecular weight excluding hydrogens is 209 g/mol. The molecule has 1 aliphatic rings. The molecule has 0 saturated heterocycles. The highest BCUT2D eigenvalue weighted by molar-refractivity contribution is 5.89. The number of benzene rings is 1. The highest BCUT2D eigenvalue weighted by Crippen LogP contribution is 2.48. The Hall–Kier alpha value is -1.89. The highest BCUT2D eigenvalue weighted by Gasteiger charge is 2.46.